The lowest BCUT2D eigenvalue weighted by molar-refractivity contribution is 0.146. The maximum absolute atomic E-state index is 6.10. The number of hydrogen-bond acceptors (Lipinski definition) is 3. The molecule has 1 fully saturated rings. The van der Waals surface area contributed by atoms with Gasteiger partial charge >= 0.3 is 0 Å². The lowest BCUT2D eigenvalue weighted by atomic mass is 9.98. The second kappa shape index (κ2) is 6.38. The second-order valence-electron chi connectivity index (χ2n) is 6.45. The molecule has 0 atom stereocenters. The van der Waals surface area contributed by atoms with Gasteiger partial charge in [0.25, 0.3) is 0 Å². The van der Waals surface area contributed by atoms with Crippen LogP contribution >= 0.6 is 0 Å². The predicted octanol–water partition coefficient (Wildman–Crippen LogP) is 3.68. The Balaban J connectivity index is 1.99. The Labute approximate surface area is 116 Å². The van der Waals surface area contributed by atoms with Crippen LogP contribution in [0.2, 0.25) is 0 Å². The Kier molecular flexibility index (Phi) is 4.81. The molecule has 1 heterocycles. The molecule has 1 saturated carbocycles. The highest BCUT2D eigenvalue weighted by atomic mass is 16.5. The third-order valence-corrected chi connectivity index (χ3v) is 3.49. The molecule has 0 radical (unpaired) electrons. The highest BCUT2D eigenvalue weighted by Crippen LogP contribution is 2.24. The molecule has 106 valence electrons. The molecule has 0 amide bonds. The number of ether oxygens (including phenoxy) is 1. The SMILES string of the molecule is CC(C)(C)NCc1cccnc1OC1CCCCC1. The summed E-state index contributed by atoms with van der Waals surface area (Å²) in [6, 6.07) is 4.08. The first kappa shape index (κ1) is 14.3. The Bertz CT molecular complexity index is 392. The molecule has 0 unspecified atom stereocenters. The van der Waals surface area contributed by atoms with Crippen molar-refractivity contribution in [3.8, 4) is 5.88 Å². The first-order valence-corrected chi connectivity index (χ1v) is 7.40. The van der Waals surface area contributed by atoms with Gasteiger partial charge in [-0.05, 0) is 52.5 Å². The maximum Gasteiger partial charge on any atom is 0.218 e. The largest absolute Gasteiger partial charge is 0.474 e. The van der Waals surface area contributed by atoms with Gasteiger partial charge in [-0.3, -0.25) is 0 Å². The standard InChI is InChI=1S/C16H26N2O/c1-16(2,3)18-12-13-8-7-11-17-15(13)19-14-9-5-4-6-10-14/h7-8,11,14,18H,4-6,9-10,12H2,1-3H3. The van der Waals surface area contributed by atoms with Crippen molar-refractivity contribution in [2.75, 3.05) is 0 Å². The van der Waals surface area contributed by atoms with Crippen LogP contribution in [0.4, 0.5) is 0 Å². The summed E-state index contributed by atoms with van der Waals surface area (Å²) in [5, 5.41) is 3.50. The topological polar surface area (TPSA) is 34.2 Å². The molecular weight excluding hydrogens is 236 g/mol. The van der Waals surface area contributed by atoms with Gasteiger partial charge < -0.3 is 10.1 Å². The highest BCUT2D eigenvalue weighted by molar-refractivity contribution is 5.25. The first-order valence-electron chi connectivity index (χ1n) is 7.40. The Morgan fingerprint density at radius 2 is 2.00 bits per heavy atom. The van der Waals surface area contributed by atoms with Crippen LogP contribution in [-0.4, -0.2) is 16.6 Å². The van der Waals surface area contributed by atoms with E-state index in [-0.39, 0.29) is 5.54 Å². The van der Waals surface area contributed by atoms with Gasteiger partial charge in [-0.2, -0.15) is 0 Å². The highest BCUT2D eigenvalue weighted by Gasteiger charge is 2.17. The molecule has 1 N–H and O–H groups in total. The van der Waals surface area contributed by atoms with E-state index in [9.17, 15) is 0 Å². The van der Waals surface area contributed by atoms with Gasteiger partial charge in [0.1, 0.15) is 6.10 Å². The van der Waals surface area contributed by atoms with Crippen molar-refractivity contribution in [1.82, 2.24) is 10.3 Å². The molecule has 19 heavy (non-hydrogen) atoms. The van der Waals surface area contributed by atoms with E-state index in [0.29, 0.717) is 6.10 Å². The van der Waals surface area contributed by atoms with Crippen molar-refractivity contribution < 1.29 is 4.74 Å². The fraction of sp³-hybridized carbons (Fsp3) is 0.688. The molecular formula is C16H26N2O. The molecule has 3 nitrogen and oxygen atoms in total. The van der Waals surface area contributed by atoms with E-state index in [1.165, 1.54) is 32.1 Å². The van der Waals surface area contributed by atoms with Crippen LogP contribution in [-0.2, 0) is 6.54 Å². The minimum atomic E-state index is 0.109. The zero-order chi connectivity index (χ0) is 13.7. The molecule has 1 aliphatic rings. The number of nitrogens with one attached hydrogen (secondary N) is 1. The predicted molar refractivity (Wildman–Crippen MR) is 78.3 cm³/mol. The average Bonchev–Trinajstić information content (AvgIpc) is 2.38. The van der Waals surface area contributed by atoms with E-state index in [1.54, 1.807) is 0 Å². The zero-order valence-corrected chi connectivity index (χ0v) is 12.4. The second-order valence-corrected chi connectivity index (χ2v) is 6.45. The number of pyridine rings is 1. The molecule has 0 aromatic carbocycles. The van der Waals surface area contributed by atoms with Crippen LogP contribution in [0.25, 0.3) is 0 Å². The van der Waals surface area contributed by atoms with Crippen molar-refractivity contribution in [2.24, 2.45) is 0 Å². The quantitative estimate of drug-likeness (QED) is 0.898. The molecule has 3 heteroatoms. The van der Waals surface area contributed by atoms with E-state index in [4.69, 9.17) is 4.74 Å². The van der Waals surface area contributed by atoms with E-state index in [1.807, 2.05) is 12.3 Å². The summed E-state index contributed by atoms with van der Waals surface area (Å²) in [4.78, 5) is 4.41. The fourth-order valence-corrected chi connectivity index (χ4v) is 2.37. The van der Waals surface area contributed by atoms with Crippen molar-refractivity contribution >= 4 is 0 Å². The summed E-state index contributed by atoms with van der Waals surface area (Å²) in [6.07, 6.45) is 8.43. The number of aromatic nitrogens is 1. The third kappa shape index (κ3) is 4.83. The number of hydrogen-bond donors (Lipinski definition) is 1. The summed E-state index contributed by atoms with van der Waals surface area (Å²) >= 11 is 0. The number of nitrogens with zero attached hydrogens (tertiary/aromatic N) is 1. The summed E-state index contributed by atoms with van der Waals surface area (Å²) in [6.45, 7) is 7.32. The van der Waals surface area contributed by atoms with Crippen LogP contribution in [0.15, 0.2) is 18.3 Å². The van der Waals surface area contributed by atoms with Crippen LogP contribution < -0.4 is 10.1 Å². The summed E-state index contributed by atoms with van der Waals surface area (Å²) in [5.41, 5.74) is 1.26. The van der Waals surface area contributed by atoms with Crippen molar-refractivity contribution in [3.63, 3.8) is 0 Å². The number of rotatable bonds is 4. The maximum atomic E-state index is 6.10. The monoisotopic (exact) mass is 262 g/mol. The van der Waals surface area contributed by atoms with Crippen molar-refractivity contribution in [1.29, 1.82) is 0 Å². The minimum Gasteiger partial charge on any atom is -0.474 e. The van der Waals surface area contributed by atoms with Gasteiger partial charge in [-0.15, -0.1) is 0 Å². The van der Waals surface area contributed by atoms with E-state index in [2.05, 4.69) is 37.1 Å². The summed E-state index contributed by atoms with van der Waals surface area (Å²) in [5.74, 6) is 0.811. The van der Waals surface area contributed by atoms with Gasteiger partial charge in [0, 0.05) is 23.8 Å². The molecule has 2 rings (SSSR count). The Morgan fingerprint density at radius 1 is 1.26 bits per heavy atom. The van der Waals surface area contributed by atoms with Gasteiger partial charge in [0.2, 0.25) is 5.88 Å². The first-order chi connectivity index (χ1) is 9.04. The minimum absolute atomic E-state index is 0.109. The van der Waals surface area contributed by atoms with Crippen molar-refractivity contribution in [2.45, 2.75) is 71.1 Å². The van der Waals surface area contributed by atoms with Crippen molar-refractivity contribution in [3.05, 3.63) is 23.9 Å². The molecule has 1 aliphatic carbocycles. The van der Waals surface area contributed by atoms with E-state index >= 15 is 0 Å². The smallest absolute Gasteiger partial charge is 0.218 e. The van der Waals surface area contributed by atoms with Crippen LogP contribution in [0, 0.1) is 0 Å². The van der Waals surface area contributed by atoms with Crippen LogP contribution in [0.5, 0.6) is 5.88 Å². The van der Waals surface area contributed by atoms with Gasteiger partial charge in [-0.25, -0.2) is 4.98 Å². The molecule has 1 aromatic rings. The normalized spacial score (nSPS) is 17.4. The lowest BCUT2D eigenvalue weighted by Gasteiger charge is -2.25. The van der Waals surface area contributed by atoms with Crippen LogP contribution in [0.3, 0.4) is 0 Å². The van der Waals surface area contributed by atoms with Gasteiger partial charge in [0.15, 0.2) is 0 Å². The summed E-state index contributed by atoms with van der Waals surface area (Å²) in [7, 11) is 0. The Hall–Kier alpha value is -1.09. The third-order valence-electron chi connectivity index (χ3n) is 3.49. The van der Waals surface area contributed by atoms with E-state index in [0.717, 1.165) is 18.0 Å². The molecule has 0 bridgehead atoms. The average molecular weight is 262 g/mol. The fourth-order valence-electron chi connectivity index (χ4n) is 2.37. The Morgan fingerprint density at radius 3 is 2.68 bits per heavy atom. The van der Waals surface area contributed by atoms with Gasteiger partial charge in [0.05, 0.1) is 0 Å². The van der Waals surface area contributed by atoms with Crippen LogP contribution in [0.1, 0.15) is 58.4 Å². The zero-order valence-electron chi connectivity index (χ0n) is 12.4. The molecule has 0 saturated heterocycles. The molecule has 0 aliphatic heterocycles. The molecule has 1 aromatic heterocycles. The lowest BCUT2D eigenvalue weighted by Crippen LogP contribution is -2.35. The van der Waals surface area contributed by atoms with E-state index < -0.39 is 0 Å². The summed E-state index contributed by atoms with van der Waals surface area (Å²) < 4.78 is 6.10. The van der Waals surface area contributed by atoms with Gasteiger partial charge in [-0.1, -0.05) is 12.5 Å². The molecule has 0 spiro atoms.